The molecule has 0 radical (unpaired) electrons. The molecule has 2 N–H and O–H groups in total. The molecular formula is C23H27N5O4S. The largest absolute Gasteiger partial charge is 0.481 e. The number of amides is 2. The van der Waals surface area contributed by atoms with Gasteiger partial charge >= 0.3 is 6.03 Å². The number of methoxy groups -OCH3 is 1. The Bertz CT molecular complexity index is 1280. The number of nitrogens with one attached hydrogen (secondary N) is 2. The number of nitrogens with zero attached hydrogens (tertiary/aromatic N) is 3. The average molecular weight is 470 g/mol. The summed E-state index contributed by atoms with van der Waals surface area (Å²) in [6.07, 6.45) is 6.99. The van der Waals surface area contributed by atoms with Gasteiger partial charge < -0.3 is 10.1 Å². The van der Waals surface area contributed by atoms with E-state index in [0.29, 0.717) is 11.6 Å². The predicted molar refractivity (Wildman–Crippen MR) is 125 cm³/mol. The summed E-state index contributed by atoms with van der Waals surface area (Å²) < 4.78 is 34.3. The quantitative estimate of drug-likeness (QED) is 0.565. The third-order valence-corrected chi connectivity index (χ3v) is 6.86. The summed E-state index contributed by atoms with van der Waals surface area (Å²) in [5.41, 5.74) is 4.35. The van der Waals surface area contributed by atoms with Gasteiger partial charge in [0, 0.05) is 30.1 Å². The van der Waals surface area contributed by atoms with Crippen molar-refractivity contribution in [3.8, 4) is 17.0 Å². The number of aryl methyl sites for hydroxylation is 1. The summed E-state index contributed by atoms with van der Waals surface area (Å²) in [5.74, 6) is 0.448. The number of benzene rings is 1. The van der Waals surface area contributed by atoms with E-state index in [-0.39, 0.29) is 11.1 Å². The van der Waals surface area contributed by atoms with Gasteiger partial charge in [0.05, 0.1) is 12.8 Å². The second-order valence-corrected chi connectivity index (χ2v) is 9.84. The number of hydrogen-bond acceptors (Lipinski definition) is 6. The highest BCUT2D eigenvalue weighted by Crippen LogP contribution is 2.37. The van der Waals surface area contributed by atoms with Crippen LogP contribution in [0.4, 0.5) is 10.5 Å². The Morgan fingerprint density at radius 3 is 2.67 bits per heavy atom. The minimum atomic E-state index is -4.13. The van der Waals surface area contributed by atoms with Crippen molar-refractivity contribution in [2.75, 3.05) is 12.4 Å². The molecule has 0 saturated heterocycles. The maximum absolute atomic E-state index is 12.9. The number of pyridine rings is 1. The summed E-state index contributed by atoms with van der Waals surface area (Å²) in [6.45, 7) is 3.77. The summed E-state index contributed by atoms with van der Waals surface area (Å²) in [5, 5.41) is 6.66. The van der Waals surface area contributed by atoms with E-state index < -0.39 is 16.1 Å². The molecule has 3 aromatic rings. The van der Waals surface area contributed by atoms with Crippen molar-refractivity contribution in [1.29, 1.82) is 0 Å². The number of aromatic nitrogens is 3. The van der Waals surface area contributed by atoms with Crippen LogP contribution in [0.3, 0.4) is 0 Å². The normalized spacial score (nSPS) is 13.5. The highest BCUT2D eigenvalue weighted by Gasteiger charge is 2.24. The van der Waals surface area contributed by atoms with Gasteiger partial charge in [0.15, 0.2) is 5.03 Å². The molecule has 9 nitrogen and oxygen atoms in total. The smallest absolute Gasteiger partial charge is 0.333 e. The van der Waals surface area contributed by atoms with Crippen molar-refractivity contribution in [3.05, 3.63) is 53.9 Å². The van der Waals surface area contributed by atoms with Crippen molar-refractivity contribution >= 4 is 21.7 Å². The van der Waals surface area contributed by atoms with E-state index in [2.05, 4.69) is 26.2 Å². The van der Waals surface area contributed by atoms with Gasteiger partial charge in [-0.25, -0.2) is 14.5 Å². The van der Waals surface area contributed by atoms with Crippen LogP contribution in [0.5, 0.6) is 5.88 Å². The summed E-state index contributed by atoms with van der Waals surface area (Å²) in [6, 6.07) is 8.14. The first-order valence-electron chi connectivity index (χ1n) is 10.8. The van der Waals surface area contributed by atoms with Gasteiger partial charge in [0.2, 0.25) is 5.88 Å². The molecule has 0 fully saturated rings. The molecule has 33 heavy (non-hydrogen) atoms. The van der Waals surface area contributed by atoms with Crippen molar-refractivity contribution in [1.82, 2.24) is 19.5 Å². The van der Waals surface area contributed by atoms with Crippen molar-refractivity contribution in [2.45, 2.75) is 50.6 Å². The van der Waals surface area contributed by atoms with Crippen molar-refractivity contribution in [2.24, 2.45) is 0 Å². The van der Waals surface area contributed by atoms with Gasteiger partial charge in [-0.15, -0.1) is 0 Å². The molecule has 4 rings (SSSR count). The Morgan fingerprint density at radius 2 is 1.94 bits per heavy atom. The van der Waals surface area contributed by atoms with Crippen LogP contribution in [-0.4, -0.2) is 36.3 Å². The molecule has 10 heteroatoms. The first-order valence-corrected chi connectivity index (χ1v) is 12.3. The highest BCUT2D eigenvalue weighted by molar-refractivity contribution is 7.90. The highest BCUT2D eigenvalue weighted by atomic mass is 32.2. The zero-order chi connectivity index (χ0) is 23.6. The van der Waals surface area contributed by atoms with Crippen LogP contribution in [0.15, 0.2) is 47.8 Å². The van der Waals surface area contributed by atoms with Gasteiger partial charge in [-0.3, -0.25) is 4.68 Å². The minimum Gasteiger partial charge on any atom is -0.481 e. The maximum Gasteiger partial charge on any atom is 0.333 e. The third kappa shape index (κ3) is 4.85. The molecule has 0 atom stereocenters. The predicted octanol–water partition coefficient (Wildman–Crippen LogP) is 3.92. The number of sulfonamides is 1. The number of urea groups is 1. The van der Waals surface area contributed by atoms with Crippen molar-refractivity contribution in [3.63, 3.8) is 0 Å². The molecule has 0 unspecified atom stereocenters. The molecule has 1 aliphatic carbocycles. The van der Waals surface area contributed by atoms with E-state index in [9.17, 15) is 13.2 Å². The van der Waals surface area contributed by atoms with E-state index in [4.69, 9.17) is 4.74 Å². The Kier molecular flexibility index (Phi) is 6.37. The van der Waals surface area contributed by atoms with Crippen LogP contribution in [-0.2, 0) is 22.9 Å². The number of ether oxygens (including phenoxy) is 1. The Morgan fingerprint density at radius 1 is 1.15 bits per heavy atom. The van der Waals surface area contributed by atoms with Gasteiger partial charge in [-0.2, -0.15) is 13.5 Å². The lowest BCUT2D eigenvalue weighted by Gasteiger charge is -2.23. The molecule has 0 aliphatic heterocycles. The Hall–Kier alpha value is -3.40. The molecule has 0 saturated carbocycles. The Labute approximate surface area is 193 Å². The number of rotatable bonds is 6. The van der Waals surface area contributed by atoms with Crippen molar-refractivity contribution < 1.29 is 17.9 Å². The molecule has 2 aromatic heterocycles. The second-order valence-electron chi connectivity index (χ2n) is 8.21. The van der Waals surface area contributed by atoms with E-state index in [1.165, 1.54) is 17.9 Å². The van der Waals surface area contributed by atoms with Gasteiger partial charge in [-0.1, -0.05) is 12.1 Å². The second kappa shape index (κ2) is 9.22. The lowest BCUT2D eigenvalue weighted by atomic mass is 9.87. The molecule has 0 spiro atoms. The molecule has 2 heterocycles. The molecule has 1 aliphatic rings. The van der Waals surface area contributed by atoms with Gasteiger partial charge in [-0.05, 0) is 68.4 Å². The first-order chi connectivity index (χ1) is 15.8. The number of carbonyl (C=O) groups is 1. The molecule has 0 bridgehead atoms. The molecule has 174 valence electrons. The number of fused-ring (bicyclic) bond motifs is 1. The van der Waals surface area contributed by atoms with E-state index in [1.807, 2.05) is 26.0 Å². The van der Waals surface area contributed by atoms with Crippen LogP contribution in [0, 0.1) is 0 Å². The SMILES string of the molecule is COc1cc(-c2ccc3c(c2NC(=O)NS(=O)(=O)c2ccn(C(C)C)n2)CCCC3)ccn1. The maximum atomic E-state index is 12.9. The van der Waals surface area contributed by atoms with E-state index in [0.717, 1.165) is 47.9 Å². The lowest BCUT2D eigenvalue weighted by molar-refractivity contribution is 0.256. The van der Waals surface area contributed by atoms with Crippen LogP contribution in [0.2, 0.25) is 0 Å². The fraction of sp³-hybridized carbons (Fsp3) is 0.348. The van der Waals surface area contributed by atoms with E-state index in [1.54, 1.807) is 18.5 Å². The fourth-order valence-electron chi connectivity index (χ4n) is 3.96. The van der Waals surface area contributed by atoms with Crippen LogP contribution in [0.1, 0.15) is 43.9 Å². The number of anilines is 1. The van der Waals surface area contributed by atoms with Crippen LogP contribution >= 0.6 is 0 Å². The average Bonchev–Trinajstić information content (AvgIpc) is 3.31. The third-order valence-electron chi connectivity index (χ3n) is 5.64. The number of hydrogen-bond donors (Lipinski definition) is 2. The zero-order valence-electron chi connectivity index (χ0n) is 18.8. The van der Waals surface area contributed by atoms with E-state index >= 15 is 0 Å². The summed E-state index contributed by atoms with van der Waals surface area (Å²) in [4.78, 5) is 17.0. The standard InChI is InChI=1S/C23H27N5O4S/c1-15(2)28-13-11-21(26-28)33(30,31)27-23(29)25-22-18-7-5-4-6-16(18)8-9-19(22)17-10-12-24-20(14-17)32-3/h8-15H,4-7H2,1-3H3,(H2,25,27,29). The lowest BCUT2D eigenvalue weighted by Crippen LogP contribution is -2.35. The zero-order valence-corrected chi connectivity index (χ0v) is 19.6. The first kappa shape index (κ1) is 22.8. The number of carbonyl (C=O) groups excluding carboxylic acids is 1. The monoisotopic (exact) mass is 469 g/mol. The topological polar surface area (TPSA) is 115 Å². The van der Waals surface area contributed by atoms with Gasteiger partial charge in [0.25, 0.3) is 10.0 Å². The molecule has 2 amide bonds. The van der Waals surface area contributed by atoms with Crippen LogP contribution < -0.4 is 14.8 Å². The summed E-state index contributed by atoms with van der Waals surface area (Å²) in [7, 11) is -2.59. The summed E-state index contributed by atoms with van der Waals surface area (Å²) >= 11 is 0. The van der Waals surface area contributed by atoms with Crippen LogP contribution in [0.25, 0.3) is 11.1 Å². The van der Waals surface area contributed by atoms with Gasteiger partial charge in [0.1, 0.15) is 0 Å². The minimum absolute atomic E-state index is 0.00136. The fourth-order valence-corrected chi connectivity index (χ4v) is 4.81. The molecule has 1 aromatic carbocycles. The Balaban J connectivity index is 1.66. The molecular weight excluding hydrogens is 442 g/mol.